The number of alkyl halides is 1. The van der Waals surface area contributed by atoms with E-state index in [0.717, 1.165) is 27.2 Å². The van der Waals surface area contributed by atoms with Crippen LogP contribution in [0, 0.1) is 0 Å². The summed E-state index contributed by atoms with van der Waals surface area (Å²) in [5, 5.41) is 15.9. The molecule has 1 aliphatic rings. The number of aromatic hydroxyl groups is 1. The maximum atomic E-state index is 13.6. The van der Waals surface area contributed by atoms with Crippen LogP contribution in [-0.2, 0) is 7.05 Å². The Bertz CT molecular complexity index is 1670. The number of aryl methyl sites for hydroxylation is 1. The van der Waals surface area contributed by atoms with E-state index in [2.05, 4.69) is 15.3 Å². The first-order valence-electron chi connectivity index (χ1n) is 11.5. The minimum absolute atomic E-state index is 0.0477. The lowest BCUT2D eigenvalue weighted by atomic mass is 9.95. The van der Waals surface area contributed by atoms with Crippen molar-refractivity contribution in [2.45, 2.75) is 5.92 Å². The van der Waals surface area contributed by atoms with Crippen LogP contribution in [0.4, 0.5) is 11.4 Å². The van der Waals surface area contributed by atoms with Gasteiger partial charge in [-0.15, -0.1) is 11.6 Å². The number of amides is 2. The molecule has 1 aliphatic heterocycles. The number of anilines is 2. The number of phenols is 1. The molecular formula is C27H22ClN5O3. The van der Waals surface area contributed by atoms with Gasteiger partial charge in [0.15, 0.2) is 5.82 Å². The van der Waals surface area contributed by atoms with Crippen molar-refractivity contribution in [1.29, 1.82) is 0 Å². The number of carbonyl (C=O) groups excluding carboxylic acids is 2. The minimum atomic E-state index is -0.318. The van der Waals surface area contributed by atoms with Crippen LogP contribution < -0.4 is 10.2 Å². The molecule has 9 heteroatoms. The van der Waals surface area contributed by atoms with E-state index in [4.69, 9.17) is 11.6 Å². The molecule has 0 radical (unpaired) electrons. The van der Waals surface area contributed by atoms with E-state index in [9.17, 15) is 14.7 Å². The summed E-state index contributed by atoms with van der Waals surface area (Å²) in [6, 6.07) is 16.4. The Labute approximate surface area is 211 Å². The van der Waals surface area contributed by atoms with Crippen LogP contribution in [0.15, 0.2) is 67.0 Å². The Morgan fingerprint density at radius 3 is 2.72 bits per heavy atom. The molecule has 36 heavy (non-hydrogen) atoms. The quantitative estimate of drug-likeness (QED) is 0.303. The normalized spacial score (nSPS) is 14.9. The van der Waals surface area contributed by atoms with Gasteiger partial charge in [0.25, 0.3) is 11.8 Å². The fourth-order valence-corrected chi connectivity index (χ4v) is 5.24. The highest BCUT2D eigenvalue weighted by molar-refractivity contribution is 6.19. The number of nitrogens with one attached hydrogen (secondary N) is 2. The van der Waals surface area contributed by atoms with Gasteiger partial charge in [0.05, 0.1) is 5.69 Å². The molecule has 3 aromatic carbocycles. The first-order valence-corrected chi connectivity index (χ1v) is 12.0. The summed E-state index contributed by atoms with van der Waals surface area (Å²) < 4.78 is 1.64. The minimum Gasteiger partial charge on any atom is -0.507 e. The van der Waals surface area contributed by atoms with E-state index in [0.29, 0.717) is 35.3 Å². The van der Waals surface area contributed by atoms with Crippen molar-refractivity contribution in [3.63, 3.8) is 0 Å². The van der Waals surface area contributed by atoms with Gasteiger partial charge < -0.3 is 24.9 Å². The molecule has 1 atom stereocenters. The molecule has 2 aromatic heterocycles. The van der Waals surface area contributed by atoms with Crippen molar-refractivity contribution < 1.29 is 14.7 Å². The second kappa shape index (κ2) is 8.42. The molecule has 8 nitrogen and oxygen atoms in total. The lowest BCUT2D eigenvalue weighted by molar-refractivity contribution is 0.0982. The summed E-state index contributed by atoms with van der Waals surface area (Å²) in [6.07, 6.45) is 3.27. The van der Waals surface area contributed by atoms with Crippen LogP contribution in [0.5, 0.6) is 5.75 Å². The number of imidazole rings is 1. The van der Waals surface area contributed by atoms with E-state index in [1.807, 2.05) is 36.4 Å². The molecule has 180 valence electrons. The number of H-pyrrole nitrogens is 1. The Hall–Kier alpha value is -4.30. The topological polar surface area (TPSA) is 103 Å². The number of hydrogen-bond donors (Lipinski definition) is 3. The van der Waals surface area contributed by atoms with Gasteiger partial charge >= 0.3 is 0 Å². The molecule has 0 fully saturated rings. The fourth-order valence-electron chi connectivity index (χ4n) is 4.99. The molecule has 0 aliphatic carbocycles. The van der Waals surface area contributed by atoms with Gasteiger partial charge in [0, 0.05) is 65.8 Å². The molecule has 6 rings (SSSR count). The highest BCUT2D eigenvalue weighted by atomic mass is 35.5. The predicted octanol–water partition coefficient (Wildman–Crippen LogP) is 5.00. The average molecular weight is 500 g/mol. The summed E-state index contributed by atoms with van der Waals surface area (Å²) in [6.45, 7) is 0.422. The molecule has 3 N–H and O–H groups in total. The van der Waals surface area contributed by atoms with E-state index in [1.54, 1.807) is 47.1 Å². The van der Waals surface area contributed by atoms with E-state index >= 15 is 0 Å². The molecule has 1 unspecified atom stereocenters. The van der Waals surface area contributed by atoms with Gasteiger partial charge in [-0.25, -0.2) is 4.98 Å². The van der Waals surface area contributed by atoms with Gasteiger partial charge in [0.2, 0.25) is 0 Å². The smallest absolute Gasteiger partial charge is 0.291 e. The number of halogens is 1. The molecule has 3 heterocycles. The van der Waals surface area contributed by atoms with Crippen LogP contribution in [-0.4, -0.2) is 43.9 Å². The first-order chi connectivity index (χ1) is 17.4. The zero-order valence-corrected chi connectivity index (χ0v) is 20.1. The van der Waals surface area contributed by atoms with Crippen LogP contribution in [0.25, 0.3) is 21.7 Å². The number of fused-ring (bicyclic) bond motifs is 4. The summed E-state index contributed by atoms with van der Waals surface area (Å²) in [4.78, 5) is 35.1. The van der Waals surface area contributed by atoms with Crippen molar-refractivity contribution in [3.05, 3.63) is 84.1 Å². The molecule has 0 bridgehead atoms. The third kappa shape index (κ3) is 3.49. The second-order valence-corrected chi connectivity index (χ2v) is 9.25. The Kier molecular flexibility index (Phi) is 5.19. The highest BCUT2D eigenvalue weighted by Crippen LogP contribution is 2.45. The third-order valence-electron chi connectivity index (χ3n) is 6.71. The zero-order valence-electron chi connectivity index (χ0n) is 19.3. The van der Waals surface area contributed by atoms with Gasteiger partial charge in [0.1, 0.15) is 11.4 Å². The van der Waals surface area contributed by atoms with Crippen LogP contribution in [0.1, 0.15) is 32.6 Å². The summed E-state index contributed by atoms with van der Waals surface area (Å²) in [5.74, 6) is 0.208. The SMILES string of the molecule is Cn1ccnc1C(=O)Nc1ccc2[nH]c(C(=O)N3CC(CCl)c4c3cc(O)c3ccccc43)cc2c1. The zero-order chi connectivity index (χ0) is 25.0. The van der Waals surface area contributed by atoms with Crippen LogP contribution in [0.3, 0.4) is 0 Å². The highest BCUT2D eigenvalue weighted by Gasteiger charge is 2.35. The molecule has 0 spiro atoms. The number of aromatic nitrogens is 3. The summed E-state index contributed by atoms with van der Waals surface area (Å²) >= 11 is 6.31. The number of phenolic OH excluding ortho intramolecular Hbond substituents is 1. The molecular weight excluding hydrogens is 478 g/mol. The van der Waals surface area contributed by atoms with Gasteiger partial charge in [-0.3, -0.25) is 9.59 Å². The van der Waals surface area contributed by atoms with Gasteiger partial charge in [-0.1, -0.05) is 24.3 Å². The largest absolute Gasteiger partial charge is 0.507 e. The number of aromatic amines is 1. The fraction of sp³-hybridized carbons (Fsp3) is 0.148. The van der Waals surface area contributed by atoms with E-state index < -0.39 is 0 Å². The monoisotopic (exact) mass is 499 g/mol. The maximum Gasteiger partial charge on any atom is 0.291 e. The average Bonchev–Trinajstić information content (AvgIpc) is 3.60. The van der Waals surface area contributed by atoms with Crippen LogP contribution >= 0.6 is 11.6 Å². The maximum absolute atomic E-state index is 13.6. The first kappa shape index (κ1) is 22.2. The van der Waals surface area contributed by atoms with Gasteiger partial charge in [-0.2, -0.15) is 0 Å². The summed E-state index contributed by atoms with van der Waals surface area (Å²) in [7, 11) is 1.75. The molecule has 0 saturated carbocycles. The lowest BCUT2D eigenvalue weighted by Crippen LogP contribution is -2.30. The summed E-state index contributed by atoms with van der Waals surface area (Å²) in [5.41, 5.74) is 3.42. The lowest BCUT2D eigenvalue weighted by Gasteiger charge is -2.17. The molecule has 0 saturated heterocycles. The van der Waals surface area contributed by atoms with E-state index in [1.165, 1.54) is 0 Å². The third-order valence-corrected chi connectivity index (χ3v) is 7.08. The number of carbonyl (C=O) groups is 2. The van der Waals surface area contributed by atoms with Gasteiger partial charge in [-0.05, 0) is 35.2 Å². The van der Waals surface area contributed by atoms with Crippen molar-refractivity contribution >= 4 is 56.5 Å². The van der Waals surface area contributed by atoms with Crippen molar-refractivity contribution in [2.24, 2.45) is 7.05 Å². The standard InChI is InChI=1S/C27H22ClN5O3/c1-32-9-8-29-25(32)26(35)30-17-6-7-20-15(10-17)11-21(31-20)27(36)33-14-16(13-28)24-19-5-3-2-4-18(19)23(34)12-22(24)33/h2-12,16,31,34H,13-14H2,1H3,(H,30,35). The Morgan fingerprint density at radius 1 is 1.17 bits per heavy atom. The van der Waals surface area contributed by atoms with Crippen molar-refractivity contribution in [3.8, 4) is 5.75 Å². The predicted molar refractivity (Wildman–Crippen MR) is 140 cm³/mol. The number of rotatable bonds is 4. The van der Waals surface area contributed by atoms with Crippen molar-refractivity contribution in [1.82, 2.24) is 14.5 Å². The van der Waals surface area contributed by atoms with E-state index in [-0.39, 0.29) is 23.5 Å². The number of hydrogen-bond acceptors (Lipinski definition) is 4. The molecule has 2 amide bonds. The second-order valence-electron chi connectivity index (χ2n) is 8.94. The van der Waals surface area contributed by atoms with Crippen LogP contribution in [0.2, 0.25) is 0 Å². The number of benzene rings is 3. The Morgan fingerprint density at radius 2 is 1.97 bits per heavy atom. The number of nitrogens with zero attached hydrogens (tertiary/aromatic N) is 3. The Balaban J connectivity index is 1.33. The van der Waals surface area contributed by atoms with Crippen molar-refractivity contribution in [2.75, 3.05) is 22.6 Å². The molecule has 5 aromatic rings.